The van der Waals surface area contributed by atoms with Crippen molar-refractivity contribution in [1.29, 1.82) is 0 Å². The predicted molar refractivity (Wildman–Crippen MR) is 92.3 cm³/mol. The van der Waals surface area contributed by atoms with Crippen LogP contribution in [-0.4, -0.2) is 37.2 Å². The van der Waals surface area contributed by atoms with E-state index in [1.54, 1.807) is 6.33 Å². The highest BCUT2D eigenvalue weighted by atomic mass is 15.4. The highest BCUT2D eigenvalue weighted by molar-refractivity contribution is 5.72. The first-order valence-corrected chi connectivity index (χ1v) is 8.15. The molecule has 0 saturated carbocycles. The molecule has 1 saturated heterocycles. The Hall–Kier alpha value is -2.57. The number of hydrogen-bond acceptors (Lipinski definition) is 5. The first-order valence-electron chi connectivity index (χ1n) is 8.15. The Morgan fingerprint density at radius 1 is 1.17 bits per heavy atom. The molecule has 3 aromatic rings. The molecular weight excluding hydrogens is 290 g/mol. The number of hydrogen-bond donors (Lipinski definition) is 1. The molecule has 0 amide bonds. The minimum atomic E-state index is 0.773. The summed E-state index contributed by atoms with van der Waals surface area (Å²) in [5.41, 5.74) is 0.948. The topological polar surface area (TPSA) is 63.3 Å². The molecule has 4 rings (SSSR count). The first-order chi connectivity index (χ1) is 11.3. The molecule has 0 unspecified atom stereocenters. The van der Waals surface area contributed by atoms with E-state index in [1.807, 2.05) is 54.5 Å². The van der Waals surface area contributed by atoms with E-state index >= 15 is 0 Å². The van der Waals surface area contributed by atoms with Crippen molar-refractivity contribution in [2.24, 2.45) is 7.05 Å². The third-order valence-electron chi connectivity index (χ3n) is 3.72. The SMILES string of the molecule is CC.Cn1cnc(Nc2nc(N3CCCC3)nn3cccc23)c1. The van der Waals surface area contributed by atoms with Gasteiger partial charge in [0.2, 0.25) is 5.95 Å². The fourth-order valence-electron chi connectivity index (χ4n) is 2.66. The van der Waals surface area contributed by atoms with E-state index in [4.69, 9.17) is 4.98 Å². The van der Waals surface area contributed by atoms with Gasteiger partial charge < -0.3 is 14.8 Å². The van der Waals surface area contributed by atoms with Gasteiger partial charge in [0.15, 0.2) is 5.82 Å². The second-order valence-corrected chi connectivity index (χ2v) is 5.34. The van der Waals surface area contributed by atoms with Crippen LogP contribution in [0.5, 0.6) is 0 Å². The molecule has 3 aromatic heterocycles. The summed E-state index contributed by atoms with van der Waals surface area (Å²) in [5.74, 6) is 2.34. The fourth-order valence-corrected chi connectivity index (χ4v) is 2.66. The molecule has 1 N–H and O–H groups in total. The molecule has 1 fully saturated rings. The number of nitrogens with zero attached hydrogens (tertiary/aromatic N) is 6. The molecule has 0 aliphatic carbocycles. The van der Waals surface area contributed by atoms with Crippen molar-refractivity contribution in [2.45, 2.75) is 26.7 Å². The maximum atomic E-state index is 4.69. The lowest BCUT2D eigenvalue weighted by molar-refractivity contribution is 0.827. The van der Waals surface area contributed by atoms with Gasteiger partial charge >= 0.3 is 0 Å². The van der Waals surface area contributed by atoms with Gasteiger partial charge in [0.25, 0.3) is 0 Å². The van der Waals surface area contributed by atoms with Gasteiger partial charge in [-0.15, -0.1) is 5.10 Å². The molecule has 7 nitrogen and oxygen atoms in total. The summed E-state index contributed by atoms with van der Waals surface area (Å²) in [6.07, 6.45) is 8.05. The van der Waals surface area contributed by atoms with Crippen LogP contribution in [0.15, 0.2) is 30.9 Å². The van der Waals surface area contributed by atoms with Gasteiger partial charge in [0.05, 0.1) is 6.33 Å². The van der Waals surface area contributed by atoms with Crippen LogP contribution in [-0.2, 0) is 7.05 Å². The van der Waals surface area contributed by atoms with Gasteiger partial charge in [-0.05, 0) is 25.0 Å². The lowest BCUT2D eigenvalue weighted by Gasteiger charge is -2.16. The van der Waals surface area contributed by atoms with E-state index in [2.05, 4.69) is 20.3 Å². The van der Waals surface area contributed by atoms with Gasteiger partial charge in [-0.2, -0.15) is 4.98 Å². The van der Waals surface area contributed by atoms with Crippen LogP contribution in [0, 0.1) is 0 Å². The van der Waals surface area contributed by atoms with Crippen molar-refractivity contribution in [3.8, 4) is 0 Å². The number of aryl methyl sites for hydroxylation is 1. The zero-order valence-electron chi connectivity index (χ0n) is 13.9. The van der Waals surface area contributed by atoms with E-state index in [1.165, 1.54) is 12.8 Å². The van der Waals surface area contributed by atoms with Crippen LogP contribution in [0.3, 0.4) is 0 Å². The van der Waals surface area contributed by atoms with E-state index < -0.39 is 0 Å². The number of nitrogens with one attached hydrogen (secondary N) is 1. The molecular formula is C16H23N7. The molecule has 0 aromatic carbocycles. The minimum Gasteiger partial charge on any atom is -0.340 e. The van der Waals surface area contributed by atoms with Crippen LogP contribution in [0.2, 0.25) is 0 Å². The molecule has 7 heteroatoms. The normalized spacial score (nSPS) is 14.0. The standard InChI is InChI=1S/C14H17N7.C2H6/c1-19-9-12(15-10-19)16-13-11-5-4-8-21(11)18-14(17-13)20-6-2-3-7-20;1-2/h4-5,8-10H,2-3,6-7H2,1H3,(H,16,17,18);1-2H3. The summed E-state index contributed by atoms with van der Waals surface area (Å²) in [7, 11) is 1.95. The Bertz CT molecular complexity index is 768. The van der Waals surface area contributed by atoms with E-state index in [9.17, 15) is 0 Å². The van der Waals surface area contributed by atoms with Crippen molar-refractivity contribution in [1.82, 2.24) is 24.1 Å². The molecule has 0 spiro atoms. The number of rotatable bonds is 3. The third kappa shape index (κ3) is 3.13. The lowest BCUT2D eigenvalue weighted by atomic mass is 10.4. The Morgan fingerprint density at radius 3 is 2.65 bits per heavy atom. The van der Waals surface area contributed by atoms with Crippen molar-refractivity contribution >= 4 is 23.1 Å². The number of anilines is 3. The molecule has 0 atom stereocenters. The van der Waals surface area contributed by atoms with Gasteiger partial charge in [-0.25, -0.2) is 9.50 Å². The zero-order chi connectivity index (χ0) is 16.2. The Morgan fingerprint density at radius 2 is 1.96 bits per heavy atom. The lowest BCUT2D eigenvalue weighted by Crippen LogP contribution is -2.22. The highest BCUT2D eigenvalue weighted by Crippen LogP contribution is 2.23. The number of imidazole rings is 1. The highest BCUT2D eigenvalue weighted by Gasteiger charge is 2.17. The van der Waals surface area contributed by atoms with Crippen molar-refractivity contribution < 1.29 is 0 Å². The zero-order valence-corrected chi connectivity index (χ0v) is 13.9. The second kappa shape index (κ2) is 6.68. The minimum absolute atomic E-state index is 0.773. The molecule has 122 valence electrons. The average molecular weight is 313 g/mol. The van der Waals surface area contributed by atoms with Crippen LogP contribution < -0.4 is 10.2 Å². The smallest absolute Gasteiger partial charge is 0.245 e. The summed E-state index contributed by atoms with van der Waals surface area (Å²) in [6.45, 7) is 6.05. The molecule has 1 aliphatic heterocycles. The largest absolute Gasteiger partial charge is 0.340 e. The molecule has 4 heterocycles. The van der Waals surface area contributed by atoms with E-state index in [0.29, 0.717) is 0 Å². The quantitative estimate of drug-likeness (QED) is 0.805. The van der Waals surface area contributed by atoms with Gasteiger partial charge in [0, 0.05) is 32.5 Å². The molecule has 23 heavy (non-hydrogen) atoms. The van der Waals surface area contributed by atoms with Crippen LogP contribution in [0.25, 0.3) is 5.52 Å². The Balaban J connectivity index is 0.000000753. The summed E-state index contributed by atoms with van der Waals surface area (Å²) in [6, 6.07) is 3.97. The van der Waals surface area contributed by atoms with Crippen molar-refractivity contribution in [3.63, 3.8) is 0 Å². The van der Waals surface area contributed by atoms with Crippen LogP contribution in [0.4, 0.5) is 17.6 Å². The van der Waals surface area contributed by atoms with E-state index in [0.717, 1.165) is 36.2 Å². The third-order valence-corrected chi connectivity index (χ3v) is 3.72. The predicted octanol–water partition coefficient (Wildman–Crippen LogP) is 2.83. The Kier molecular flexibility index (Phi) is 4.45. The number of fused-ring (bicyclic) bond motifs is 1. The van der Waals surface area contributed by atoms with Crippen LogP contribution >= 0.6 is 0 Å². The van der Waals surface area contributed by atoms with Crippen molar-refractivity contribution in [3.05, 3.63) is 30.9 Å². The average Bonchev–Trinajstić information content (AvgIpc) is 3.30. The number of aromatic nitrogens is 5. The molecule has 1 aliphatic rings. The molecule has 0 bridgehead atoms. The summed E-state index contributed by atoms with van der Waals surface area (Å²) < 4.78 is 3.77. The first kappa shape index (κ1) is 15.3. The van der Waals surface area contributed by atoms with Crippen LogP contribution in [0.1, 0.15) is 26.7 Å². The second-order valence-electron chi connectivity index (χ2n) is 5.34. The summed E-state index contributed by atoms with van der Waals surface area (Å²) in [4.78, 5) is 11.2. The van der Waals surface area contributed by atoms with Crippen molar-refractivity contribution in [2.75, 3.05) is 23.3 Å². The molecule has 0 radical (unpaired) electrons. The maximum Gasteiger partial charge on any atom is 0.245 e. The fraction of sp³-hybridized carbons (Fsp3) is 0.438. The Labute approximate surface area is 136 Å². The monoisotopic (exact) mass is 313 g/mol. The summed E-state index contributed by atoms with van der Waals surface area (Å²) in [5, 5.41) is 7.88. The van der Waals surface area contributed by atoms with E-state index in [-0.39, 0.29) is 0 Å². The van der Waals surface area contributed by atoms with Gasteiger partial charge in [-0.1, -0.05) is 13.8 Å². The van der Waals surface area contributed by atoms with Gasteiger partial charge in [-0.3, -0.25) is 0 Å². The van der Waals surface area contributed by atoms with Gasteiger partial charge in [0.1, 0.15) is 11.3 Å². The summed E-state index contributed by atoms with van der Waals surface area (Å²) >= 11 is 0. The maximum absolute atomic E-state index is 4.69.